The molecule has 5 heteroatoms. The lowest BCUT2D eigenvalue weighted by atomic mass is 10.1. The summed E-state index contributed by atoms with van der Waals surface area (Å²) in [5.74, 6) is -0.190. The van der Waals surface area contributed by atoms with Gasteiger partial charge in [-0.25, -0.2) is 4.79 Å². The molecule has 0 saturated carbocycles. The van der Waals surface area contributed by atoms with E-state index in [2.05, 4.69) is 5.32 Å². The zero-order chi connectivity index (χ0) is 14.6. The topological polar surface area (TPSA) is 79.3 Å². The number of ketones is 1. The zero-order valence-electron chi connectivity index (χ0n) is 11.5. The molecule has 0 aliphatic rings. The van der Waals surface area contributed by atoms with Crippen LogP contribution >= 0.6 is 0 Å². The minimum absolute atomic E-state index is 0.0908. The molecule has 0 heterocycles. The highest BCUT2D eigenvalue weighted by atomic mass is 16.6. The van der Waals surface area contributed by atoms with Crippen LogP contribution < -0.4 is 5.32 Å². The molecular formula is C14H18N2O3. The van der Waals surface area contributed by atoms with Crippen molar-refractivity contribution in [2.45, 2.75) is 33.3 Å². The Hall–Kier alpha value is -2.17. The summed E-state index contributed by atoms with van der Waals surface area (Å²) in [6, 6.07) is 6.53. The van der Waals surface area contributed by atoms with E-state index in [4.69, 9.17) is 10.1 Å². The second-order valence-electron chi connectivity index (χ2n) is 5.14. The van der Waals surface area contributed by atoms with Gasteiger partial charge in [-0.3, -0.25) is 15.5 Å². The molecule has 0 fully saturated rings. The van der Waals surface area contributed by atoms with Crippen molar-refractivity contribution in [3.05, 3.63) is 35.4 Å². The number of hydrogen-bond acceptors (Lipinski definition) is 4. The standard InChI is InChI=1S/C14H18N2O3/c1-9(17)10-6-5-7-11(8-10)12(15)16-13(18)19-14(2,3)4/h5-8H,1-4H3,(H2,15,16,18). The molecule has 0 aliphatic heterocycles. The van der Waals surface area contributed by atoms with E-state index in [1.165, 1.54) is 6.92 Å². The molecule has 102 valence electrons. The van der Waals surface area contributed by atoms with Gasteiger partial charge in [-0.05, 0) is 33.8 Å². The highest BCUT2D eigenvalue weighted by Crippen LogP contribution is 2.08. The zero-order valence-corrected chi connectivity index (χ0v) is 11.5. The van der Waals surface area contributed by atoms with E-state index >= 15 is 0 Å². The number of hydrogen-bond donors (Lipinski definition) is 2. The van der Waals surface area contributed by atoms with Gasteiger partial charge in [0, 0.05) is 11.1 Å². The van der Waals surface area contributed by atoms with E-state index in [0.717, 1.165) is 0 Å². The molecule has 0 unspecified atom stereocenters. The molecule has 0 bridgehead atoms. The summed E-state index contributed by atoms with van der Waals surface area (Å²) < 4.78 is 5.05. The van der Waals surface area contributed by atoms with Crippen molar-refractivity contribution in [2.24, 2.45) is 0 Å². The lowest BCUT2D eigenvalue weighted by molar-refractivity contribution is 0.0563. The summed E-state index contributed by atoms with van der Waals surface area (Å²) in [5.41, 5.74) is 0.331. The van der Waals surface area contributed by atoms with Crippen molar-refractivity contribution in [3.8, 4) is 0 Å². The molecule has 1 aromatic rings. The molecule has 2 N–H and O–H groups in total. The molecule has 0 radical (unpaired) electrons. The number of nitrogens with one attached hydrogen (secondary N) is 2. The number of carbonyl (C=O) groups excluding carboxylic acids is 2. The fourth-order valence-electron chi connectivity index (χ4n) is 1.37. The van der Waals surface area contributed by atoms with Crippen molar-refractivity contribution < 1.29 is 14.3 Å². The van der Waals surface area contributed by atoms with Gasteiger partial charge in [0.25, 0.3) is 0 Å². The first-order chi connectivity index (χ1) is 8.69. The Morgan fingerprint density at radius 1 is 1.21 bits per heavy atom. The van der Waals surface area contributed by atoms with Gasteiger partial charge in [0.05, 0.1) is 0 Å². The van der Waals surface area contributed by atoms with Crippen LogP contribution in [0.15, 0.2) is 24.3 Å². The van der Waals surface area contributed by atoms with Crippen LogP contribution in [0.5, 0.6) is 0 Å². The molecule has 0 aromatic heterocycles. The van der Waals surface area contributed by atoms with Crippen molar-refractivity contribution >= 4 is 17.7 Å². The molecule has 1 amide bonds. The molecule has 1 rings (SSSR count). The molecular weight excluding hydrogens is 244 g/mol. The Labute approximate surface area is 112 Å². The highest BCUT2D eigenvalue weighted by Gasteiger charge is 2.17. The molecule has 5 nitrogen and oxygen atoms in total. The van der Waals surface area contributed by atoms with Crippen LogP contribution in [0.1, 0.15) is 43.6 Å². The lowest BCUT2D eigenvalue weighted by Crippen LogP contribution is -2.36. The molecule has 0 spiro atoms. The number of amidine groups is 1. The second-order valence-corrected chi connectivity index (χ2v) is 5.14. The number of benzene rings is 1. The fourth-order valence-corrected chi connectivity index (χ4v) is 1.37. The van der Waals surface area contributed by atoms with Crippen LogP contribution in [-0.4, -0.2) is 23.3 Å². The van der Waals surface area contributed by atoms with E-state index in [9.17, 15) is 9.59 Å². The SMILES string of the molecule is CC(=O)c1cccc(C(=N)NC(=O)OC(C)(C)C)c1. The number of alkyl carbamates (subject to hydrolysis) is 1. The maximum Gasteiger partial charge on any atom is 0.413 e. The van der Waals surface area contributed by atoms with Crippen LogP contribution in [0.3, 0.4) is 0 Å². The van der Waals surface area contributed by atoms with Gasteiger partial charge in [0.15, 0.2) is 5.78 Å². The largest absolute Gasteiger partial charge is 0.444 e. The average molecular weight is 262 g/mol. The summed E-state index contributed by atoms with van der Waals surface area (Å²) in [7, 11) is 0. The van der Waals surface area contributed by atoms with E-state index in [1.54, 1.807) is 45.0 Å². The summed E-state index contributed by atoms with van der Waals surface area (Å²) in [4.78, 5) is 22.8. The van der Waals surface area contributed by atoms with E-state index in [1.807, 2.05) is 0 Å². The summed E-state index contributed by atoms with van der Waals surface area (Å²) in [5, 5.41) is 10.1. The smallest absolute Gasteiger partial charge is 0.413 e. The predicted molar refractivity (Wildman–Crippen MR) is 72.6 cm³/mol. The summed E-state index contributed by atoms with van der Waals surface area (Å²) in [6.45, 7) is 6.68. The van der Waals surface area contributed by atoms with Gasteiger partial charge in [0.2, 0.25) is 0 Å². The molecule has 19 heavy (non-hydrogen) atoms. The van der Waals surface area contributed by atoms with Gasteiger partial charge >= 0.3 is 6.09 Å². The summed E-state index contributed by atoms with van der Waals surface area (Å²) >= 11 is 0. The minimum atomic E-state index is -0.689. The number of Topliss-reactive ketones (excluding diaryl/α,β-unsaturated/α-hetero) is 1. The average Bonchev–Trinajstić information content (AvgIpc) is 2.26. The van der Waals surface area contributed by atoms with Gasteiger partial charge in [0.1, 0.15) is 11.4 Å². The number of amides is 1. The molecule has 0 saturated heterocycles. The Morgan fingerprint density at radius 3 is 2.32 bits per heavy atom. The molecule has 0 aliphatic carbocycles. The second kappa shape index (κ2) is 5.65. The quantitative estimate of drug-likeness (QED) is 0.488. The third-order valence-electron chi connectivity index (χ3n) is 2.18. The van der Waals surface area contributed by atoms with Crippen molar-refractivity contribution in [3.63, 3.8) is 0 Å². The van der Waals surface area contributed by atoms with Crippen LogP contribution in [-0.2, 0) is 4.74 Å². The van der Waals surface area contributed by atoms with Crippen molar-refractivity contribution in [1.29, 1.82) is 5.41 Å². The van der Waals surface area contributed by atoms with Gasteiger partial charge in [-0.1, -0.05) is 18.2 Å². The Balaban J connectivity index is 2.76. The monoisotopic (exact) mass is 262 g/mol. The van der Waals surface area contributed by atoms with Gasteiger partial charge in [-0.2, -0.15) is 0 Å². The fraction of sp³-hybridized carbons (Fsp3) is 0.357. The van der Waals surface area contributed by atoms with Crippen LogP contribution in [0.2, 0.25) is 0 Å². The lowest BCUT2D eigenvalue weighted by Gasteiger charge is -2.19. The summed E-state index contributed by atoms with van der Waals surface area (Å²) in [6.07, 6.45) is -0.689. The Kier molecular flexibility index (Phi) is 4.43. The van der Waals surface area contributed by atoms with Crippen molar-refractivity contribution in [1.82, 2.24) is 5.32 Å². The predicted octanol–water partition coefficient (Wildman–Crippen LogP) is 2.74. The van der Waals surface area contributed by atoms with E-state index in [0.29, 0.717) is 11.1 Å². The Bertz CT molecular complexity index is 516. The first kappa shape index (κ1) is 14.9. The third-order valence-corrected chi connectivity index (χ3v) is 2.18. The highest BCUT2D eigenvalue weighted by molar-refractivity contribution is 6.06. The van der Waals surface area contributed by atoms with Gasteiger partial charge < -0.3 is 4.74 Å². The van der Waals surface area contributed by atoms with Crippen LogP contribution in [0, 0.1) is 5.41 Å². The normalized spacial score (nSPS) is 10.7. The van der Waals surface area contributed by atoms with Crippen LogP contribution in [0.25, 0.3) is 0 Å². The molecule has 0 atom stereocenters. The first-order valence-corrected chi connectivity index (χ1v) is 5.89. The first-order valence-electron chi connectivity index (χ1n) is 5.89. The Morgan fingerprint density at radius 2 is 1.79 bits per heavy atom. The van der Waals surface area contributed by atoms with Crippen LogP contribution in [0.4, 0.5) is 4.79 Å². The maximum absolute atomic E-state index is 11.5. The van der Waals surface area contributed by atoms with E-state index in [-0.39, 0.29) is 11.6 Å². The minimum Gasteiger partial charge on any atom is -0.444 e. The van der Waals surface area contributed by atoms with E-state index < -0.39 is 11.7 Å². The number of rotatable bonds is 2. The van der Waals surface area contributed by atoms with Gasteiger partial charge in [-0.15, -0.1) is 0 Å². The van der Waals surface area contributed by atoms with Crippen molar-refractivity contribution in [2.75, 3.05) is 0 Å². The number of ether oxygens (including phenoxy) is 1. The number of carbonyl (C=O) groups is 2. The maximum atomic E-state index is 11.5. The third kappa shape index (κ3) is 4.91. The molecule has 1 aromatic carbocycles.